The van der Waals surface area contributed by atoms with E-state index in [9.17, 15) is 4.79 Å². The number of carbonyl (C=O) groups excluding carboxylic acids is 1. The summed E-state index contributed by atoms with van der Waals surface area (Å²) in [5.74, 6) is 0.370. The minimum Gasteiger partial charge on any atom is -0.497 e. The molecular formula is C19H24O3. The van der Waals surface area contributed by atoms with Crippen molar-refractivity contribution >= 4 is 16.7 Å². The molecule has 2 aromatic rings. The lowest BCUT2D eigenvalue weighted by atomic mass is 9.97. The van der Waals surface area contributed by atoms with Crippen LogP contribution in [0.15, 0.2) is 36.4 Å². The van der Waals surface area contributed by atoms with Gasteiger partial charge in [-0.1, -0.05) is 31.2 Å². The minimum absolute atomic E-state index is 0.181. The molecule has 0 amide bonds. The van der Waals surface area contributed by atoms with E-state index < -0.39 is 5.60 Å². The fourth-order valence-corrected chi connectivity index (χ4v) is 2.21. The molecule has 0 fully saturated rings. The van der Waals surface area contributed by atoms with Crippen molar-refractivity contribution in [1.82, 2.24) is 0 Å². The van der Waals surface area contributed by atoms with Gasteiger partial charge in [0.15, 0.2) is 0 Å². The molecule has 3 nitrogen and oxygen atoms in total. The number of carbonyl (C=O) groups is 1. The van der Waals surface area contributed by atoms with Crippen LogP contribution in [0.1, 0.15) is 45.6 Å². The van der Waals surface area contributed by atoms with Gasteiger partial charge in [-0.3, -0.25) is 4.79 Å². The Morgan fingerprint density at radius 2 is 1.77 bits per heavy atom. The summed E-state index contributed by atoms with van der Waals surface area (Å²) in [4.78, 5) is 12.3. The summed E-state index contributed by atoms with van der Waals surface area (Å²) in [7, 11) is 1.66. The van der Waals surface area contributed by atoms with Gasteiger partial charge >= 0.3 is 5.97 Å². The Labute approximate surface area is 132 Å². The molecule has 3 heteroatoms. The zero-order valence-electron chi connectivity index (χ0n) is 14.0. The number of fused-ring (bicyclic) bond motifs is 1. The number of ether oxygens (including phenoxy) is 2. The van der Waals surface area contributed by atoms with Crippen LogP contribution in [0.5, 0.6) is 5.75 Å². The Bertz CT molecular complexity index is 673. The summed E-state index contributed by atoms with van der Waals surface area (Å²) >= 11 is 0. The summed E-state index contributed by atoms with van der Waals surface area (Å²) in [6, 6.07) is 12.0. The van der Waals surface area contributed by atoms with Crippen LogP contribution in [-0.2, 0) is 9.53 Å². The van der Waals surface area contributed by atoms with Gasteiger partial charge in [0.1, 0.15) is 11.4 Å². The van der Waals surface area contributed by atoms with Crippen molar-refractivity contribution in [2.24, 2.45) is 0 Å². The number of benzene rings is 2. The Balaban J connectivity index is 2.25. The van der Waals surface area contributed by atoms with Crippen molar-refractivity contribution in [2.45, 2.75) is 45.6 Å². The highest BCUT2D eigenvalue weighted by Crippen LogP contribution is 2.27. The van der Waals surface area contributed by atoms with E-state index in [0.29, 0.717) is 0 Å². The normalized spacial score (nSPS) is 13.0. The maximum Gasteiger partial charge on any atom is 0.313 e. The van der Waals surface area contributed by atoms with Gasteiger partial charge < -0.3 is 9.47 Å². The number of esters is 1. The van der Waals surface area contributed by atoms with Crippen molar-refractivity contribution in [1.29, 1.82) is 0 Å². The molecule has 0 N–H and O–H groups in total. The topological polar surface area (TPSA) is 35.5 Å². The minimum atomic E-state index is -0.421. The molecule has 22 heavy (non-hydrogen) atoms. The van der Waals surface area contributed by atoms with Crippen LogP contribution >= 0.6 is 0 Å². The van der Waals surface area contributed by atoms with Gasteiger partial charge in [-0.25, -0.2) is 0 Å². The smallest absolute Gasteiger partial charge is 0.313 e. The van der Waals surface area contributed by atoms with Crippen LogP contribution in [0.2, 0.25) is 0 Å². The number of rotatable bonds is 5. The number of methoxy groups -OCH3 is 1. The maximum atomic E-state index is 12.3. The third-order valence-corrected chi connectivity index (χ3v) is 4.15. The van der Waals surface area contributed by atoms with Gasteiger partial charge in [0.2, 0.25) is 0 Å². The van der Waals surface area contributed by atoms with E-state index >= 15 is 0 Å². The van der Waals surface area contributed by atoms with Crippen molar-refractivity contribution in [3.8, 4) is 5.75 Å². The van der Waals surface area contributed by atoms with E-state index in [1.165, 1.54) is 0 Å². The van der Waals surface area contributed by atoms with E-state index in [2.05, 4.69) is 0 Å². The van der Waals surface area contributed by atoms with Gasteiger partial charge in [0.05, 0.1) is 13.0 Å². The fraction of sp³-hybridized carbons (Fsp3) is 0.421. The summed E-state index contributed by atoms with van der Waals surface area (Å²) in [6.45, 7) is 7.77. The molecule has 0 spiro atoms. The highest BCUT2D eigenvalue weighted by Gasteiger charge is 2.25. The summed E-state index contributed by atoms with van der Waals surface area (Å²) in [6.07, 6.45) is 0.795. The van der Waals surface area contributed by atoms with Crippen molar-refractivity contribution in [2.75, 3.05) is 7.11 Å². The van der Waals surface area contributed by atoms with E-state index in [4.69, 9.17) is 9.47 Å². The summed E-state index contributed by atoms with van der Waals surface area (Å²) < 4.78 is 10.8. The van der Waals surface area contributed by atoms with Crippen LogP contribution in [0.4, 0.5) is 0 Å². The van der Waals surface area contributed by atoms with Gasteiger partial charge in [-0.15, -0.1) is 0 Å². The van der Waals surface area contributed by atoms with Crippen molar-refractivity contribution in [3.05, 3.63) is 42.0 Å². The third-order valence-electron chi connectivity index (χ3n) is 4.15. The van der Waals surface area contributed by atoms with E-state index in [1.54, 1.807) is 7.11 Å². The monoisotopic (exact) mass is 300 g/mol. The second-order valence-corrected chi connectivity index (χ2v) is 6.23. The molecule has 0 unspecified atom stereocenters. The molecule has 2 rings (SSSR count). The summed E-state index contributed by atoms with van der Waals surface area (Å²) in [5.41, 5.74) is 0.546. The van der Waals surface area contributed by atoms with Crippen molar-refractivity contribution < 1.29 is 14.3 Å². The average molecular weight is 300 g/mol. The zero-order chi connectivity index (χ0) is 16.3. The van der Waals surface area contributed by atoms with E-state index in [1.807, 2.05) is 64.1 Å². The largest absolute Gasteiger partial charge is 0.497 e. The van der Waals surface area contributed by atoms with Crippen LogP contribution in [0.3, 0.4) is 0 Å². The second kappa shape index (κ2) is 6.39. The quantitative estimate of drug-likeness (QED) is 0.752. The molecule has 118 valence electrons. The molecule has 0 aliphatic heterocycles. The molecule has 1 atom stereocenters. The standard InChI is InChI=1S/C19H24O3/c1-6-19(3,4)22-18(20)13(2)14-7-8-16-12-17(21-5)10-9-15(16)11-14/h7-13H,6H2,1-5H3/t13-/m0/s1. The third kappa shape index (κ3) is 3.59. The molecule has 0 aromatic heterocycles. The lowest BCUT2D eigenvalue weighted by molar-refractivity contribution is -0.158. The Hall–Kier alpha value is -2.03. The predicted molar refractivity (Wildman–Crippen MR) is 89.4 cm³/mol. The highest BCUT2D eigenvalue weighted by atomic mass is 16.6. The van der Waals surface area contributed by atoms with Gasteiger partial charge in [-0.2, -0.15) is 0 Å². The first-order chi connectivity index (χ1) is 10.4. The fourth-order valence-electron chi connectivity index (χ4n) is 2.21. The first kappa shape index (κ1) is 16.3. The van der Waals surface area contributed by atoms with E-state index in [0.717, 1.165) is 28.5 Å². The predicted octanol–water partition coefficient (Wildman–Crippen LogP) is 4.68. The zero-order valence-corrected chi connectivity index (χ0v) is 14.0. The Morgan fingerprint density at radius 3 is 2.41 bits per heavy atom. The number of hydrogen-bond acceptors (Lipinski definition) is 3. The van der Waals surface area contributed by atoms with Crippen LogP contribution in [0, 0.1) is 0 Å². The number of hydrogen-bond donors (Lipinski definition) is 0. The molecular weight excluding hydrogens is 276 g/mol. The molecule has 0 saturated heterocycles. The van der Waals surface area contributed by atoms with E-state index in [-0.39, 0.29) is 11.9 Å². The van der Waals surface area contributed by atoms with Gasteiger partial charge in [0.25, 0.3) is 0 Å². The van der Waals surface area contributed by atoms with Gasteiger partial charge in [-0.05, 0) is 55.7 Å². The maximum absolute atomic E-state index is 12.3. The molecule has 0 aliphatic carbocycles. The lowest BCUT2D eigenvalue weighted by Gasteiger charge is -2.25. The Kier molecular flexibility index (Phi) is 4.74. The lowest BCUT2D eigenvalue weighted by Crippen LogP contribution is -2.29. The van der Waals surface area contributed by atoms with Crippen LogP contribution in [-0.4, -0.2) is 18.7 Å². The molecule has 0 aliphatic rings. The first-order valence-corrected chi connectivity index (χ1v) is 7.67. The SMILES string of the molecule is CCC(C)(C)OC(=O)[C@@H](C)c1ccc2cc(OC)ccc2c1. The van der Waals surface area contributed by atoms with Crippen LogP contribution in [0.25, 0.3) is 10.8 Å². The molecule has 0 radical (unpaired) electrons. The Morgan fingerprint density at radius 1 is 1.14 bits per heavy atom. The molecule has 0 heterocycles. The second-order valence-electron chi connectivity index (χ2n) is 6.23. The van der Waals surface area contributed by atoms with Gasteiger partial charge in [0, 0.05) is 0 Å². The summed E-state index contributed by atoms with van der Waals surface area (Å²) in [5, 5.41) is 2.19. The first-order valence-electron chi connectivity index (χ1n) is 7.67. The van der Waals surface area contributed by atoms with Crippen molar-refractivity contribution in [3.63, 3.8) is 0 Å². The van der Waals surface area contributed by atoms with Crippen LogP contribution < -0.4 is 4.74 Å². The average Bonchev–Trinajstić information content (AvgIpc) is 2.52. The molecule has 0 bridgehead atoms. The highest BCUT2D eigenvalue weighted by molar-refractivity contribution is 5.86. The molecule has 0 saturated carbocycles. The molecule has 2 aromatic carbocycles.